The molecular weight excluding hydrogens is 302 g/mol. The molecule has 0 saturated carbocycles. The second-order valence-corrected chi connectivity index (χ2v) is 6.02. The van der Waals surface area contributed by atoms with E-state index in [0.717, 1.165) is 21.8 Å². The Morgan fingerprint density at radius 1 is 1.05 bits per heavy atom. The molecule has 0 aliphatic carbocycles. The number of aliphatic hydroxyl groups is 1. The number of hydrogen-bond acceptors (Lipinski definition) is 3. The van der Waals surface area contributed by atoms with Gasteiger partial charge in [-0.25, -0.2) is 4.98 Å². The highest BCUT2D eigenvalue weighted by Gasteiger charge is 2.12. The average molecular weight is 316 g/mol. The molecule has 106 valence electrons. The Labute approximate surface area is 132 Å². The van der Waals surface area contributed by atoms with Gasteiger partial charge in [0, 0.05) is 17.4 Å². The van der Waals surface area contributed by atoms with Crippen LogP contribution in [0.3, 0.4) is 0 Å². The molecular formula is C17H14ClNOS. The van der Waals surface area contributed by atoms with Crippen LogP contribution in [0.25, 0.3) is 10.6 Å². The highest BCUT2D eigenvalue weighted by molar-refractivity contribution is 7.13. The molecule has 1 heterocycles. The summed E-state index contributed by atoms with van der Waals surface area (Å²) in [6.07, 6.45) is -0.0299. The predicted octanol–water partition coefficient (Wildman–Crippen LogP) is 4.74. The summed E-state index contributed by atoms with van der Waals surface area (Å²) in [5.74, 6) is 0. The van der Waals surface area contributed by atoms with Gasteiger partial charge in [-0.2, -0.15) is 0 Å². The fraction of sp³-hybridized carbons (Fsp3) is 0.118. The van der Waals surface area contributed by atoms with Crippen molar-refractivity contribution >= 4 is 22.9 Å². The first-order chi connectivity index (χ1) is 10.2. The number of halogens is 1. The first kappa shape index (κ1) is 14.3. The zero-order valence-corrected chi connectivity index (χ0v) is 12.8. The third-order valence-electron chi connectivity index (χ3n) is 3.24. The summed E-state index contributed by atoms with van der Waals surface area (Å²) >= 11 is 7.73. The van der Waals surface area contributed by atoms with Crippen molar-refractivity contribution in [3.8, 4) is 10.6 Å². The van der Waals surface area contributed by atoms with Crippen molar-refractivity contribution in [2.24, 2.45) is 0 Å². The third kappa shape index (κ3) is 3.32. The monoisotopic (exact) mass is 315 g/mol. The standard InChI is InChI=1S/C17H14ClNOS/c18-15-9-5-4-8-14(15)17-19-13(11-21-17)10-16(20)12-6-2-1-3-7-12/h1-9,11,16,20H,10H2. The van der Waals surface area contributed by atoms with E-state index in [1.54, 1.807) is 11.3 Å². The Hall–Kier alpha value is -1.68. The normalized spacial score (nSPS) is 12.3. The number of aromatic nitrogens is 1. The molecule has 1 aromatic heterocycles. The van der Waals surface area contributed by atoms with Gasteiger partial charge in [-0.3, -0.25) is 0 Å². The van der Waals surface area contributed by atoms with Gasteiger partial charge in [0.25, 0.3) is 0 Å². The van der Waals surface area contributed by atoms with Crippen LogP contribution in [-0.2, 0) is 6.42 Å². The largest absolute Gasteiger partial charge is 0.388 e. The SMILES string of the molecule is OC(Cc1csc(-c2ccccc2Cl)n1)c1ccccc1. The molecule has 0 aliphatic heterocycles. The topological polar surface area (TPSA) is 33.1 Å². The maximum absolute atomic E-state index is 10.2. The molecule has 0 aliphatic rings. The molecule has 21 heavy (non-hydrogen) atoms. The number of aliphatic hydroxyl groups excluding tert-OH is 1. The van der Waals surface area contributed by atoms with E-state index >= 15 is 0 Å². The van der Waals surface area contributed by atoms with E-state index in [0.29, 0.717) is 11.4 Å². The first-order valence-corrected chi connectivity index (χ1v) is 7.92. The van der Waals surface area contributed by atoms with Gasteiger partial charge in [0.2, 0.25) is 0 Å². The zero-order valence-electron chi connectivity index (χ0n) is 11.2. The van der Waals surface area contributed by atoms with Crippen LogP contribution in [0.2, 0.25) is 5.02 Å². The van der Waals surface area contributed by atoms with Crippen LogP contribution < -0.4 is 0 Å². The van der Waals surface area contributed by atoms with Crippen LogP contribution in [0, 0.1) is 0 Å². The van der Waals surface area contributed by atoms with Crippen molar-refractivity contribution in [3.05, 3.63) is 76.3 Å². The van der Waals surface area contributed by atoms with Crippen LogP contribution >= 0.6 is 22.9 Å². The Morgan fingerprint density at radius 3 is 2.52 bits per heavy atom. The quantitative estimate of drug-likeness (QED) is 0.754. The number of rotatable bonds is 4. The number of nitrogens with zero attached hydrogens (tertiary/aromatic N) is 1. The highest BCUT2D eigenvalue weighted by Crippen LogP contribution is 2.31. The molecule has 3 aromatic rings. The molecule has 1 unspecified atom stereocenters. The van der Waals surface area contributed by atoms with Crippen LogP contribution in [0.4, 0.5) is 0 Å². The van der Waals surface area contributed by atoms with Gasteiger partial charge in [-0.1, -0.05) is 60.1 Å². The lowest BCUT2D eigenvalue weighted by atomic mass is 10.1. The van der Waals surface area contributed by atoms with E-state index in [9.17, 15) is 5.11 Å². The van der Waals surface area contributed by atoms with Crippen molar-refractivity contribution in [2.45, 2.75) is 12.5 Å². The van der Waals surface area contributed by atoms with Gasteiger partial charge < -0.3 is 5.11 Å². The molecule has 3 rings (SSSR count). The lowest BCUT2D eigenvalue weighted by Crippen LogP contribution is -2.01. The van der Waals surface area contributed by atoms with Gasteiger partial charge in [-0.05, 0) is 11.6 Å². The lowest BCUT2D eigenvalue weighted by molar-refractivity contribution is 0.177. The Bertz CT molecular complexity index is 726. The minimum absolute atomic E-state index is 0.505. The lowest BCUT2D eigenvalue weighted by Gasteiger charge is -2.08. The Morgan fingerprint density at radius 2 is 1.76 bits per heavy atom. The van der Waals surface area contributed by atoms with Crippen LogP contribution in [-0.4, -0.2) is 10.1 Å². The van der Waals surface area contributed by atoms with E-state index in [4.69, 9.17) is 11.6 Å². The summed E-state index contributed by atoms with van der Waals surface area (Å²) in [6.45, 7) is 0. The van der Waals surface area contributed by atoms with Crippen molar-refractivity contribution < 1.29 is 5.11 Å². The summed E-state index contributed by atoms with van der Waals surface area (Å²) in [6, 6.07) is 17.3. The summed E-state index contributed by atoms with van der Waals surface area (Å²) in [5.41, 5.74) is 2.72. The minimum atomic E-state index is -0.535. The van der Waals surface area contributed by atoms with Gasteiger partial charge in [0.05, 0.1) is 16.8 Å². The fourth-order valence-corrected chi connectivity index (χ4v) is 3.30. The predicted molar refractivity (Wildman–Crippen MR) is 87.7 cm³/mol. The van der Waals surface area contributed by atoms with Crippen molar-refractivity contribution in [1.29, 1.82) is 0 Å². The summed E-state index contributed by atoms with van der Waals surface area (Å²) in [4.78, 5) is 4.58. The van der Waals surface area contributed by atoms with Crippen molar-refractivity contribution in [2.75, 3.05) is 0 Å². The van der Waals surface area contributed by atoms with Crippen molar-refractivity contribution in [1.82, 2.24) is 4.98 Å². The highest BCUT2D eigenvalue weighted by atomic mass is 35.5. The maximum Gasteiger partial charge on any atom is 0.125 e. The molecule has 0 amide bonds. The summed E-state index contributed by atoms with van der Waals surface area (Å²) in [5, 5.41) is 13.8. The smallest absolute Gasteiger partial charge is 0.125 e. The molecule has 4 heteroatoms. The number of benzene rings is 2. The minimum Gasteiger partial charge on any atom is -0.388 e. The van der Waals surface area contributed by atoms with Crippen LogP contribution in [0.5, 0.6) is 0 Å². The van der Waals surface area contributed by atoms with Gasteiger partial charge in [-0.15, -0.1) is 11.3 Å². The summed E-state index contributed by atoms with van der Waals surface area (Å²) < 4.78 is 0. The van der Waals surface area contributed by atoms with Gasteiger partial charge in [0.15, 0.2) is 0 Å². The molecule has 0 bridgehead atoms. The van der Waals surface area contributed by atoms with Gasteiger partial charge >= 0.3 is 0 Å². The molecule has 1 N–H and O–H groups in total. The van der Waals surface area contributed by atoms with E-state index in [1.807, 2.05) is 60.0 Å². The van der Waals surface area contributed by atoms with E-state index in [-0.39, 0.29) is 0 Å². The van der Waals surface area contributed by atoms with E-state index in [2.05, 4.69) is 4.98 Å². The van der Waals surface area contributed by atoms with Crippen LogP contribution in [0.15, 0.2) is 60.0 Å². The third-order valence-corrected chi connectivity index (χ3v) is 4.50. The number of thiazole rings is 1. The molecule has 2 nitrogen and oxygen atoms in total. The first-order valence-electron chi connectivity index (χ1n) is 6.66. The average Bonchev–Trinajstić information content (AvgIpc) is 2.97. The summed E-state index contributed by atoms with van der Waals surface area (Å²) in [7, 11) is 0. The molecule has 2 aromatic carbocycles. The fourth-order valence-electron chi connectivity index (χ4n) is 2.15. The molecule has 0 spiro atoms. The zero-order chi connectivity index (χ0) is 14.7. The van der Waals surface area contributed by atoms with Crippen molar-refractivity contribution in [3.63, 3.8) is 0 Å². The second kappa shape index (κ2) is 6.39. The maximum atomic E-state index is 10.2. The molecule has 0 saturated heterocycles. The van der Waals surface area contributed by atoms with Crippen LogP contribution in [0.1, 0.15) is 17.4 Å². The van der Waals surface area contributed by atoms with Gasteiger partial charge in [0.1, 0.15) is 5.01 Å². The number of hydrogen-bond donors (Lipinski definition) is 1. The molecule has 0 fully saturated rings. The second-order valence-electron chi connectivity index (χ2n) is 4.75. The van der Waals surface area contributed by atoms with E-state index < -0.39 is 6.10 Å². The Kier molecular flexibility index (Phi) is 4.34. The Balaban J connectivity index is 1.78. The molecule has 0 radical (unpaired) electrons. The molecule has 1 atom stereocenters. The van der Waals surface area contributed by atoms with E-state index in [1.165, 1.54) is 0 Å².